The molecule has 0 fully saturated rings. The van der Waals surface area contributed by atoms with Crippen LogP contribution in [0.5, 0.6) is 5.75 Å². The van der Waals surface area contributed by atoms with Gasteiger partial charge in [-0.05, 0) is 24.3 Å². The number of likely N-dealkylation sites (N-methyl/N-ethyl adjacent to an activating group) is 1. The maximum Gasteiger partial charge on any atom is 0.416 e. The van der Waals surface area contributed by atoms with Gasteiger partial charge in [0, 0.05) is 29.7 Å². The predicted molar refractivity (Wildman–Crippen MR) is 111 cm³/mol. The second-order valence-corrected chi connectivity index (χ2v) is 7.29. The number of rotatable bonds is 7. The van der Waals surface area contributed by atoms with Crippen LogP contribution in [0.25, 0.3) is 10.6 Å². The third-order valence-electron chi connectivity index (χ3n) is 4.12. The van der Waals surface area contributed by atoms with Crippen molar-refractivity contribution < 1.29 is 27.5 Å². The van der Waals surface area contributed by atoms with Crippen LogP contribution in [0.2, 0.25) is 0 Å². The van der Waals surface area contributed by atoms with Gasteiger partial charge < -0.3 is 15.4 Å². The fraction of sp³-hybridized carbons (Fsp3) is 0.190. The quantitative estimate of drug-likeness (QED) is 0.568. The van der Waals surface area contributed by atoms with E-state index < -0.39 is 11.7 Å². The van der Waals surface area contributed by atoms with Gasteiger partial charge in [-0.25, -0.2) is 4.98 Å². The molecule has 0 saturated carbocycles. The van der Waals surface area contributed by atoms with Gasteiger partial charge in [0.15, 0.2) is 6.61 Å². The molecule has 31 heavy (non-hydrogen) atoms. The lowest BCUT2D eigenvalue weighted by molar-refractivity contribution is -0.137. The highest BCUT2D eigenvalue weighted by Crippen LogP contribution is 2.31. The Labute approximate surface area is 180 Å². The first-order valence-corrected chi connectivity index (χ1v) is 9.98. The van der Waals surface area contributed by atoms with E-state index in [2.05, 4.69) is 15.6 Å². The summed E-state index contributed by atoms with van der Waals surface area (Å²) >= 11 is 1.25. The molecular weight excluding hydrogens is 431 g/mol. The zero-order chi connectivity index (χ0) is 22.4. The second-order valence-electron chi connectivity index (χ2n) is 6.43. The van der Waals surface area contributed by atoms with Gasteiger partial charge in [0.25, 0.3) is 5.91 Å². The van der Waals surface area contributed by atoms with Crippen molar-refractivity contribution in [1.29, 1.82) is 0 Å². The van der Waals surface area contributed by atoms with E-state index in [4.69, 9.17) is 4.74 Å². The number of nitrogens with zero attached hydrogens (tertiary/aromatic N) is 1. The highest BCUT2D eigenvalue weighted by molar-refractivity contribution is 7.13. The maximum atomic E-state index is 12.7. The van der Waals surface area contributed by atoms with E-state index in [1.54, 1.807) is 29.6 Å². The number of carbonyl (C=O) groups excluding carboxylic acids is 2. The lowest BCUT2D eigenvalue weighted by Gasteiger charge is -2.08. The van der Waals surface area contributed by atoms with Crippen molar-refractivity contribution in [3.05, 3.63) is 65.2 Å². The molecule has 0 aliphatic rings. The number of hydrogen-bond donors (Lipinski definition) is 2. The Kier molecular flexibility index (Phi) is 6.91. The number of hydrogen-bond acceptors (Lipinski definition) is 5. The third-order valence-corrected chi connectivity index (χ3v) is 5.06. The maximum absolute atomic E-state index is 12.7. The van der Waals surface area contributed by atoms with E-state index in [0.29, 0.717) is 27.7 Å². The van der Waals surface area contributed by atoms with Crippen molar-refractivity contribution in [2.75, 3.05) is 19.0 Å². The molecular formula is C21H18F3N3O3S. The molecule has 0 atom stereocenters. The molecule has 2 aromatic carbocycles. The molecule has 6 nitrogen and oxygen atoms in total. The second kappa shape index (κ2) is 9.61. The minimum atomic E-state index is -4.39. The number of ether oxygens (including phenoxy) is 1. The Hall–Kier alpha value is -3.40. The Morgan fingerprint density at radius 1 is 1.10 bits per heavy atom. The lowest BCUT2D eigenvalue weighted by atomic mass is 10.1. The first-order chi connectivity index (χ1) is 14.7. The van der Waals surface area contributed by atoms with Gasteiger partial charge in [0.1, 0.15) is 10.8 Å². The lowest BCUT2D eigenvalue weighted by Crippen LogP contribution is -2.24. The fourth-order valence-corrected chi connectivity index (χ4v) is 3.40. The van der Waals surface area contributed by atoms with Crippen LogP contribution in [0.1, 0.15) is 11.3 Å². The standard InChI is InChI=1S/C21H18F3N3O3S/c1-25-19(29)11-30-17-4-2-3-15(9-17)26-18(28)10-16-12-31-20(27-16)13-5-7-14(8-6-13)21(22,23)24/h2-9,12H,10-11H2,1H3,(H,25,29)(H,26,28). The number of amides is 2. The van der Waals surface area contributed by atoms with Crippen LogP contribution < -0.4 is 15.4 Å². The van der Waals surface area contributed by atoms with Gasteiger partial charge in [-0.15, -0.1) is 11.3 Å². The Balaban J connectivity index is 1.59. The Morgan fingerprint density at radius 2 is 1.84 bits per heavy atom. The minimum Gasteiger partial charge on any atom is -0.484 e. The van der Waals surface area contributed by atoms with Crippen molar-refractivity contribution >= 4 is 28.8 Å². The molecule has 0 bridgehead atoms. The zero-order valence-electron chi connectivity index (χ0n) is 16.3. The topological polar surface area (TPSA) is 80.3 Å². The van der Waals surface area contributed by atoms with Crippen LogP contribution in [-0.4, -0.2) is 30.5 Å². The van der Waals surface area contributed by atoms with Crippen LogP contribution in [-0.2, 0) is 22.2 Å². The van der Waals surface area contributed by atoms with Crippen LogP contribution in [0.3, 0.4) is 0 Å². The summed E-state index contributed by atoms with van der Waals surface area (Å²) in [7, 11) is 1.50. The minimum absolute atomic E-state index is 0.000456. The van der Waals surface area contributed by atoms with Gasteiger partial charge in [-0.1, -0.05) is 18.2 Å². The molecule has 0 aliphatic heterocycles. The molecule has 1 aromatic heterocycles. The molecule has 1 heterocycles. The van der Waals surface area contributed by atoms with Crippen molar-refractivity contribution in [1.82, 2.24) is 10.3 Å². The molecule has 0 unspecified atom stereocenters. The first kappa shape index (κ1) is 22.3. The van der Waals surface area contributed by atoms with Crippen LogP contribution >= 0.6 is 11.3 Å². The zero-order valence-corrected chi connectivity index (χ0v) is 17.1. The summed E-state index contributed by atoms with van der Waals surface area (Å²) in [5, 5.41) is 7.39. The van der Waals surface area contributed by atoms with E-state index in [1.807, 2.05) is 0 Å². The van der Waals surface area contributed by atoms with Gasteiger partial charge in [-0.2, -0.15) is 13.2 Å². The number of aromatic nitrogens is 1. The molecule has 10 heteroatoms. The van der Waals surface area contributed by atoms with E-state index in [9.17, 15) is 22.8 Å². The number of halogens is 3. The monoisotopic (exact) mass is 449 g/mol. The van der Waals surface area contributed by atoms with Gasteiger partial charge in [0.2, 0.25) is 5.91 Å². The van der Waals surface area contributed by atoms with Gasteiger partial charge >= 0.3 is 6.18 Å². The van der Waals surface area contributed by atoms with Crippen molar-refractivity contribution in [2.24, 2.45) is 0 Å². The third kappa shape index (κ3) is 6.29. The van der Waals surface area contributed by atoms with Gasteiger partial charge in [-0.3, -0.25) is 9.59 Å². The molecule has 0 saturated heterocycles. The van der Waals surface area contributed by atoms with E-state index in [-0.39, 0.29) is 24.8 Å². The van der Waals surface area contributed by atoms with E-state index in [0.717, 1.165) is 12.1 Å². The number of thiazole rings is 1. The van der Waals surface area contributed by atoms with E-state index in [1.165, 1.54) is 30.5 Å². The average molecular weight is 449 g/mol. The summed E-state index contributed by atoms with van der Waals surface area (Å²) < 4.78 is 43.4. The summed E-state index contributed by atoms with van der Waals surface area (Å²) in [5.74, 6) is -0.158. The SMILES string of the molecule is CNC(=O)COc1cccc(NC(=O)Cc2csc(-c3ccc(C(F)(F)F)cc3)n2)c1. The number of nitrogens with one attached hydrogen (secondary N) is 2. The van der Waals surface area contributed by atoms with Gasteiger partial charge in [0.05, 0.1) is 17.7 Å². The summed E-state index contributed by atoms with van der Waals surface area (Å²) in [5.41, 5.74) is 0.821. The molecule has 162 valence electrons. The predicted octanol–water partition coefficient (Wildman–Crippen LogP) is 4.13. The molecule has 2 amide bonds. The highest BCUT2D eigenvalue weighted by Gasteiger charge is 2.30. The summed E-state index contributed by atoms with van der Waals surface area (Å²) in [6.45, 7) is -0.139. The van der Waals surface area contributed by atoms with Crippen molar-refractivity contribution in [3.63, 3.8) is 0 Å². The van der Waals surface area contributed by atoms with E-state index >= 15 is 0 Å². The number of benzene rings is 2. The van der Waals surface area contributed by atoms with Crippen molar-refractivity contribution in [3.8, 4) is 16.3 Å². The number of alkyl halides is 3. The van der Waals surface area contributed by atoms with Crippen LogP contribution in [0, 0.1) is 0 Å². The average Bonchev–Trinajstić information content (AvgIpc) is 3.20. The Morgan fingerprint density at radius 3 is 2.52 bits per heavy atom. The fourth-order valence-electron chi connectivity index (χ4n) is 2.58. The van der Waals surface area contributed by atoms with Crippen molar-refractivity contribution in [2.45, 2.75) is 12.6 Å². The van der Waals surface area contributed by atoms with Crippen LogP contribution in [0.15, 0.2) is 53.9 Å². The largest absolute Gasteiger partial charge is 0.484 e. The molecule has 0 spiro atoms. The summed E-state index contributed by atoms with van der Waals surface area (Å²) in [6, 6.07) is 11.3. The Bertz CT molecular complexity index is 1070. The first-order valence-electron chi connectivity index (χ1n) is 9.10. The highest BCUT2D eigenvalue weighted by atomic mass is 32.1. The summed E-state index contributed by atoms with van der Waals surface area (Å²) in [6.07, 6.45) is -4.39. The molecule has 0 aliphatic carbocycles. The molecule has 0 radical (unpaired) electrons. The number of anilines is 1. The molecule has 3 rings (SSSR count). The number of carbonyl (C=O) groups is 2. The smallest absolute Gasteiger partial charge is 0.416 e. The normalized spacial score (nSPS) is 11.1. The molecule has 2 N–H and O–H groups in total. The molecule has 3 aromatic rings. The van der Waals surface area contributed by atoms with Crippen LogP contribution in [0.4, 0.5) is 18.9 Å². The summed E-state index contributed by atoms with van der Waals surface area (Å²) in [4.78, 5) is 27.9.